The van der Waals surface area contributed by atoms with Crippen molar-refractivity contribution < 1.29 is 4.74 Å². The standard InChI is InChI=1S/C18H20N4OS/c1-2-23-17-5-3-4-16(20-17)21-9-11-22(12-10-21)18-14-7-13-24-15(14)6-8-19-18/h3-8,13H,2,9-12H2,1H3. The Bertz CT molecular complexity index is 827. The maximum absolute atomic E-state index is 5.51. The van der Waals surface area contributed by atoms with Crippen LogP contribution < -0.4 is 14.5 Å². The van der Waals surface area contributed by atoms with E-state index in [2.05, 4.69) is 43.3 Å². The van der Waals surface area contributed by atoms with Crippen molar-refractivity contribution in [3.63, 3.8) is 0 Å². The van der Waals surface area contributed by atoms with Crippen LogP contribution in [0.3, 0.4) is 0 Å². The molecular formula is C18H20N4OS. The van der Waals surface area contributed by atoms with Crippen molar-refractivity contribution in [2.75, 3.05) is 42.6 Å². The van der Waals surface area contributed by atoms with Gasteiger partial charge in [-0.1, -0.05) is 6.07 Å². The van der Waals surface area contributed by atoms with Crippen molar-refractivity contribution in [3.8, 4) is 5.88 Å². The van der Waals surface area contributed by atoms with Gasteiger partial charge in [-0.3, -0.25) is 0 Å². The molecule has 0 atom stereocenters. The van der Waals surface area contributed by atoms with Crippen LogP contribution in [0.2, 0.25) is 0 Å². The van der Waals surface area contributed by atoms with E-state index in [1.807, 2.05) is 25.3 Å². The number of ether oxygens (including phenoxy) is 1. The SMILES string of the molecule is CCOc1cccc(N2CCN(c3nccc4sccc34)CC2)n1. The Balaban J connectivity index is 1.49. The van der Waals surface area contributed by atoms with Gasteiger partial charge in [-0.25, -0.2) is 4.98 Å². The number of rotatable bonds is 4. The molecule has 0 N–H and O–H groups in total. The van der Waals surface area contributed by atoms with Crippen LogP contribution in [-0.2, 0) is 0 Å². The Morgan fingerprint density at radius 3 is 2.75 bits per heavy atom. The van der Waals surface area contributed by atoms with E-state index in [0.29, 0.717) is 12.5 Å². The summed E-state index contributed by atoms with van der Waals surface area (Å²) in [6.07, 6.45) is 1.91. The molecule has 1 saturated heterocycles. The summed E-state index contributed by atoms with van der Waals surface area (Å²) in [5.41, 5.74) is 0. The van der Waals surface area contributed by atoms with Crippen molar-refractivity contribution >= 4 is 33.1 Å². The molecule has 0 bridgehead atoms. The molecule has 3 aromatic rings. The fraction of sp³-hybridized carbons (Fsp3) is 0.333. The highest BCUT2D eigenvalue weighted by atomic mass is 32.1. The molecule has 5 nitrogen and oxygen atoms in total. The van der Waals surface area contributed by atoms with E-state index in [0.717, 1.165) is 37.8 Å². The molecule has 0 spiro atoms. The highest BCUT2D eigenvalue weighted by Gasteiger charge is 2.21. The molecule has 124 valence electrons. The summed E-state index contributed by atoms with van der Waals surface area (Å²) in [5.74, 6) is 2.79. The Morgan fingerprint density at radius 2 is 1.92 bits per heavy atom. The summed E-state index contributed by atoms with van der Waals surface area (Å²) in [6, 6.07) is 10.2. The van der Waals surface area contributed by atoms with Crippen molar-refractivity contribution in [2.45, 2.75) is 6.92 Å². The van der Waals surface area contributed by atoms with Gasteiger partial charge in [0, 0.05) is 48.5 Å². The molecule has 0 aliphatic carbocycles. The number of nitrogens with zero attached hydrogens (tertiary/aromatic N) is 4. The third kappa shape index (κ3) is 2.89. The fourth-order valence-electron chi connectivity index (χ4n) is 3.09. The normalized spacial score (nSPS) is 15.0. The molecule has 6 heteroatoms. The number of anilines is 2. The number of hydrogen-bond donors (Lipinski definition) is 0. The third-order valence-electron chi connectivity index (χ3n) is 4.26. The second-order valence-electron chi connectivity index (χ2n) is 5.71. The largest absolute Gasteiger partial charge is 0.478 e. The zero-order valence-electron chi connectivity index (χ0n) is 13.7. The molecule has 1 fully saturated rings. The summed E-state index contributed by atoms with van der Waals surface area (Å²) >= 11 is 1.77. The Morgan fingerprint density at radius 1 is 1.08 bits per heavy atom. The first-order valence-electron chi connectivity index (χ1n) is 8.27. The topological polar surface area (TPSA) is 41.5 Å². The molecule has 0 saturated carbocycles. The molecule has 4 heterocycles. The molecule has 3 aromatic heterocycles. The van der Waals surface area contributed by atoms with Gasteiger partial charge >= 0.3 is 0 Å². The van der Waals surface area contributed by atoms with Crippen molar-refractivity contribution in [1.29, 1.82) is 0 Å². The summed E-state index contributed by atoms with van der Waals surface area (Å²) in [7, 11) is 0. The predicted octanol–water partition coefficient (Wildman–Crippen LogP) is 3.42. The summed E-state index contributed by atoms with van der Waals surface area (Å²) in [4.78, 5) is 13.9. The van der Waals surface area contributed by atoms with Crippen molar-refractivity contribution in [2.24, 2.45) is 0 Å². The van der Waals surface area contributed by atoms with E-state index in [4.69, 9.17) is 4.74 Å². The molecular weight excluding hydrogens is 320 g/mol. The summed E-state index contributed by atoms with van der Waals surface area (Å²) in [6.45, 7) is 6.38. The molecule has 1 aliphatic heterocycles. The lowest BCUT2D eigenvalue weighted by molar-refractivity contribution is 0.327. The average molecular weight is 340 g/mol. The van der Waals surface area contributed by atoms with Crippen molar-refractivity contribution in [1.82, 2.24) is 9.97 Å². The Hall–Kier alpha value is -2.34. The van der Waals surface area contributed by atoms with Gasteiger partial charge in [-0.2, -0.15) is 4.98 Å². The maximum Gasteiger partial charge on any atom is 0.215 e. The van der Waals surface area contributed by atoms with E-state index in [-0.39, 0.29) is 0 Å². The van der Waals surface area contributed by atoms with E-state index in [9.17, 15) is 0 Å². The smallest absolute Gasteiger partial charge is 0.215 e. The maximum atomic E-state index is 5.51. The zero-order chi connectivity index (χ0) is 16.4. The predicted molar refractivity (Wildman–Crippen MR) is 99.5 cm³/mol. The second kappa shape index (κ2) is 6.65. The van der Waals surface area contributed by atoms with Crippen LogP contribution >= 0.6 is 11.3 Å². The molecule has 0 radical (unpaired) electrons. The van der Waals surface area contributed by atoms with Crippen LogP contribution in [0, 0.1) is 0 Å². The first-order valence-corrected chi connectivity index (χ1v) is 9.15. The zero-order valence-corrected chi connectivity index (χ0v) is 14.5. The minimum Gasteiger partial charge on any atom is -0.478 e. The number of fused-ring (bicyclic) bond motifs is 1. The van der Waals surface area contributed by atoms with Crippen LogP contribution in [0.5, 0.6) is 5.88 Å². The Labute approximate surface area is 145 Å². The summed E-state index contributed by atoms with van der Waals surface area (Å²) in [5, 5.41) is 3.39. The quantitative estimate of drug-likeness (QED) is 0.728. The average Bonchev–Trinajstić information content (AvgIpc) is 3.11. The van der Waals surface area contributed by atoms with Crippen LogP contribution in [0.1, 0.15) is 6.92 Å². The molecule has 1 aliphatic rings. The first-order chi connectivity index (χ1) is 11.8. The fourth-order valence-corrected chi connectivity index (χ4v) is 3.86. The van der Waals surface area contributed by atoms with Gasteiger partial charge in [-0.05, 0) is 30.5 Å². The van der Waals surface area contributed by atoms with E-state index >= 15 is 0 Å². The van der Waals surface area contributed by atoms with Gasteiger partial charge in [0.2, 0.25) is 5.88 Å². The lowest BCUT2D eigenvalue weighted by Crippen LogP contribution is -2.47. The number of hydrogen-bond acceptors (Lipinski definition) is 6. The monoisotopic (exact) mass is 340 g/mol. The van der Waals surface area contributed by atoms with E-state index in [1.54, 1.807) is 11.3 Å². The molecule has 0 amide bonds. The summed E-state index contributed by atoms with van der Waals surface area (Å²) < 4.78 is 6.81. The van der Waals surface area contributed by atoms with Gasteiger partial charge in [0.25, 0.3) is 0 Å². The molecule has 0 aromatic carbocycles. The minimum atomic E-state index is 0.639. The minimum absolute atomic E-state index is 0.639. The third-order valence-corrected chi connectivity index (χ3v) is 5.15. The first kappa shape index (κ1) is 15.2. The number of aromatic nitrogens is 2. The van der Waals surface area contributed by atoms with Gasteiger partial charge in [0.15, 0.2) is 0 Å². The van der Waals surface area contributed by atoms with E-state index in [1.165, 1.54) is 10.1 Å². The van der Waals surface area contributed by atoms with Gasteiger partial charge in [0.1, 0.15) is 11.6 Å². The van der Waals surface area contributed by atoms with Crippen LogP contribution in [-0.4, -0.2) is 42.8 Å². The lowest BCUT2D eigenvalue weighted by atomic mass is 10.2. The van der Waals surface area contributed by atoms with Gasteiger partial charge < -0.3 is 14.5 Å². The van der Waals surface area contributed by atoms with Gasteiger partial charge in [-0.15, -0.1) is 11.3 Å². The molecule has 0 unspecified atom stereocenters. The molecule has 4 rings (SSSR count). The van der Waals surface area contributed by atoms with Gasteiger partial charge in [0.05, 0.1) is 6.61 Å². The number of thiophene rings is 1. The van der Waals surface area contributed by atoms with Crippen LogP contribution in [0.25, 0.3) is 10.1 Å². The highest BCUT2D eigenvalue weighted by molar-refractivity contribution is 7.17. The Kier molecular flexibility index (Phi) is 4.21. The van der Waals surface area contributed by atoms with Crippen LogP contribution in [0.4, 0.5) is 11.6 Å². The highest BCUT2D eigenvalue weighted by Crippen LogP contribution is 2.29. The number of pyridine rings is 2. The van der Waals surface area contributed by atoms with E-state index < -0.39 is 0 Å². The lowest BCUT2D eigenvalue weighted by Gasteiger charge is -2.36. The second-order valence-corrected chi connectivity index (χ2v) is 6.66. The van der Waals surface area contributed by atoms with Crippen LogP contribution in [0.15, 0.2) is 41.9 Å². The number of piperazine rings is 1. The molecule has 24 heavy (non-hydrogen) atoms. The van der Waals surface area contributed by atoms with Crippen molar-refractivity contribution in [3.05, 3.63) is 41.9 Å².